The Kier molecular flexibility index (Phi) is 4.07. The van der Waals surface area contributed by atoms with Gasteiger partial charge in [-0.05, 0) is 35.2 Å². The predicted molar refractivity (Wildman–Crippen MR) is 83.4 cm³/mol. The van der Waals surface area contributed by atoms with Gasteiger partial charge < -0.3 is 4.74 Å². The van der Waals surface area contributed by atoms with Crippen molar-refractivity contribution in [2.45, 2.75) is 6.42 Å². The Balaban J connectivity index is 1.68. The highest BCUT2D eigenvalue weighted by atomic mass is 16.6. The van der Waals surface area contributed by atoms with Crippen LogP contribution in [0.15, 0.2) is 48.5 Å². The van der Waals surface area contributed by atoms with Crippen LogP contribution in [-0.4, -0.2) is 30.1 Å². The number of hydrogen-bond donors (Lipinski definition) is 0. The summed E-state index contributed by atoms with van der Waals surface area (Å²) < 4.78 is 4.68. The Morgan fingerprint density at radius 2 is 1.87 bits per heavy atom. The SMILES string of the molecule is N#Cc1cccc(-c2ccc(CCN3C(=O)COC3=O)cc2)c1. The lowest BCUT2D eigenvalue weighted by Gasteiger charge is -2.11. The quantitative estimate of drug-likeness (QED) is 0.871. The van der Waals surface area contributed by atoms with Gasteiger partial charge in [-0.15, -0.1) is 0 Å². The van der Waals surface area contributed by atoms with Crippen LogP contribution >= 0.6 is 0 Å². The summed E-state index contributed by atoms with van der Waals surface area (Å²) >= 11 is 0. The zero-order valence-corrected chi connectivity index (χ0v) is 12.4. The second-order valence-electron chi connectivity index (χ2n) is 5.24. The zero-order chi connectivity index (χ0) is 16.2. The molecule has 2 aromatic rings. The van der Waals surface area contributed by atoms with Gasteiger partial charge in [-0.2, -0.15) is 5.26 Å². The summed E-state index contributed by atoms with van der Waals surface area (Å²) in [6.07, 6.45) is 0.0132. The van der Waals surface area contributed by atoms with Crippen molar-refractivity contribution in [3.05, 3.63) is 59.7 Å². The molecule has 23 heavy (non-hydrogen) atoms. The lowest BCUT2D eigenvalue weighted by Crippen LogP contribution is -2.31. The van der Waals surface area contributed by atoms with E-state index >= 15 is 0 Å². The van der Waals surface area contributed by atoms with E-state index in [9.17, 15) is 9.59 Å². The molecule has 0 N–H and O–H groups in total. The van der Waals surface area contributed by atoms with Crippen molar-refractivity contribution in [2.24, 2.45) is 0 Å². The molecule has 5 nitrogen and oxygen atoms in total. The van der Waals surface area contributed by atoms with E-state index in [4.69, 9.17) is 5.26 Å². The van der Waals surface area contributed by atoms with Gasteiger partial charge in [-0.25, -0.2) is 9.69 Å². The summed E-state index contributed by atoms with van der Waals surface area (Å²) in [4.78, 5) is 24.0. The molecule has 114 valence electrons. The Labute approximate surface area is 133 Å². The minimum absolute atomic E-state index is 0.160. The van der Waals surface area contributed by atoms with Gasteiger partial charge in [-0.3, -0.25) is 4.79 Å². The largest absolute Gasteiger partial charge is 0.439 e. The molecule has 1 aliphatic heterocycles. The molecule has 0 saturated carbocycles. The van der Waals surface area contributed by atoms with Crippen molar-refractivity contribution >= 4 is 12.0 Å². The number of ether oxygens (including phenoxy) is 1. The smallest absolute Gasteiger partial charge is 0.417 e. The molecule has 2 amide bonds. The number of nitrogens with zero attached hydrogens (tertiary/aromatic N) is 2. The third-order valence-corrected chi connectivity index (χ3v) is 3.74. The monoisotopic (exact) mass is 306 g/mol. The maximum absolute atomic E-state index is 11.5. The lowest BCUT2D eigenvalue weighted by atomic mass is 10.0. The Hall–Kier alpha value is -3.13. The van der Waals surface area contributed by atoms with Gasteiger partial charge in [0.15, 0.2) is 6.61 Å². The molecule has 0 unspecified atom stereocenters. The lowest BCUT2D eigenvalue weighted by molar-refractivity contribution is -0.125. The van der Waals surface area contributed by atoms with Gasteiger partial charge in [-0.1, -0.05) is 36.4 Å². The molecule has 0 bridgehead atoms. The van der Waals surface area contributed by atoms with Gasteiger partial charge in [0.1, 0.15) is 0 Å². The van der Waals surface area contributed by atoms with Crippen LogP contribution in [0.5, 0.6) is 0 Å². The molecule has 1 saturated heterocycles. The van der Waals surface area contributed by atoms with Gasteiger partial charge in [0.25, 0.3) is 5.91 Å². The van der Waals surface area contributed by atoms with Crippen molar-refractivity contribution in [3.63, 3.8) is 0 Å². The Morgan fingerprint density at radius 3 is 2.52 bits per heavy atom. The number of carbonyl (C=O) groups is 2. The number of nitriles is 1. The van der Waals surface area contributed by atoms with Crippen molar-refractivity contribution in [1.29, 1.82) is 5.26 Å². The fraction of sp³-hybridized carbons (Fsp3) is 0.167. The van der Waals surface area contributed by atoms with Gasteiger partial charge in [0.05, 0.1) is 11.6 Å². The molecule has 5 heteroatoms. The molecule has 3 rings (SSSR count). The van der Waals surface area contributed by atoms with Gasteiger partial charge in [0.2, 0.25) is 0 Å². The third-order valence-electron chi connectivity index (χ3n) is 3.74. The first kappa shape index (κ1) is 14.8. The third kappa shape index (κ3) is 3.22. The summed E-state index contributed by atoms with van der Waals surface area (Å²) in [5.74, 6) is -0.292. The number of benzene rings is 2. The summed E-state index contributed by atoms with van der Waals surface area (Å²) in [5.41, 5.74) is 3.65. The number of cyclic esters (lactones) is 1. The second kappa shape index (κ2) is 6.32. The minimum atomic E-state index is -0.570. The van der Waals surface area contributed by atoms with Crippen LogP contribution in [0.1, 0.15) is 11.1 Å². The number of amides is 2. The average Bonchev–Trinajstić information content (AvgIpc) is 2.92. The van der Waals surface area contributed by atoms with E-state index in [0.717, 1.165) is 21.6 Å². The van der Waals surface area contributed by atoms with Crippen LogP contribution in [0.25, 0.3) is 11.1 Å². The zero-order valence-electron chi connectivity index (χ0n) is 12.4. The van der Waals surface area contributed by atoms with E-state index in [0.29, 0.717) is 18.5 Å². The molecule has 1 aliphatic rings. The highest BCUT2D eigenvalue weighted by Gasteiger charge is 2.30. The molecule has 0 radical (unpaired) electrons. The summed E-state index contributed by atoms with van der Waals surface area (Å²) in [7, 11) is 0. The molecule has 1 fully saturated rings. The van der Waals surface area contributed by atoms with Crippen LogP contribution in [0.3, 0.4) is 0 Å². The molecule has 0 aliphatic carbocycles. The number of imide groups is 1. The van der Waals surface area contributed by atoms with E-state index in [-0.39, 0.29) is 12.5 Å². The molecule has 0 aromatic heterocycles. The van der Waals surface area contributed by atoms with Crippen LogP contribution in [0.4, 0.5) is 4.79 Å². The summed E-state index contributed by atoms with van der Waals surface area (Å²) in [6, 6.07) is 17.4. The van der Waals surface area contributed by atoms with Crippen molar-refractivity contribution in [2.75, 3.05) is 13.2 Å². The summed E-state index contributed by atoms with van der Waals surface area (Å²) in [5, 5.41) is 8.95. The molecule has 0 atom stereocenters. The number of rotatable bonds is 4. The molecular weight excluding hydrogens is 292 g/mol. The van der Waals surface area contributed by atoms with Crippen LogP contribution in [0.2, 0.25) is 0 Å². The highest BCUT2D eigenvalue weighted by Crippen LogP contribution is 2.21. The maximum atomic E-state index is 11.5. The van der Waals surface area contributed by atoms with E-state index < -0.39 is 6.09 Å². The van der Waals surface area contributed by atoms with E-state index in [1.165, 1.54) is 0 Å². The van der Waals surface area contributed by atoms with E-state index in [1.54, 1.807) is 6.07 Å². The normalized spacial score (nSPS) is 13.8. The topological polar surface area (TPSA) is 70.4 Å². The Morgan fingerprint density at radius 1 is 1.09 bits per heavy atom. The van der Waals surface area contributed by atoms with Crippen LogP contribution in [0, 0.1) is 11.3 Å². The van der Waals surface area contributed by atoms with Gasteiger partial charge in [0, 0.05) is 6.54 Å². The van der Waals surface area contributed by atoms with E-state index in [2.05, 4.69) is 10.8 Å². The number of carbonyl (C=O) groups excluding carboxylic acids is 2. The molecular formula is C18H14N2O3. The van der Waals surface area contributed by atoms with E-state index in [1.807, 2.05) is 42.5 Å². The molecule has 0 spiro atoms. The van der Waals surface area contributed by atoms with Crippen molar-refractivity contribution in [3.8, 4) is 17.2 Å². The van der Waals surface area contributed by atoms with Crippen molar-refractivity contribution in [1.82, 2.24) is 4.90 Å². The summed E-state index contributed by atoms with van der Waals surface area (Å²) in [6.45, 7) is 0.161. The second-order valence-corrected chi connectivity index (χ2v) is 5.24. The average molecular weight is 306 g/mol. The standard InChI is InChI=1S/C18H14N2O3/c19-11-14-2-1-3-16(10-14)15-6-4-13(5-7-15)8-9-20-17(21)12-23-18(20)22/h1-7,10H,8-9,12H2. The van der Waals surface area contributed by atoms with Crippen LogP contribution in [-0.2, 0) is 16.0 Å². The fourth-order valence-electron chi connectivity index (χ4n) is 2.47. The molecule has 2 aromatic carbocycles. The predicted octanol–water partition coefficient (Wildman–Crippen LogP) is 2.75. The highest BCUT2D eigenvalue weighted by molar-refractivity contribution is 5.97. The van der Waals surface area contributed by atoms with Crippen molar-refractivity contribution < 1.29 is 14.3 Å². The Bertz CT molecular complexity index is 775. The fourth-order valence-corrected chi connectivity index (χ4v) is 2.47. The van der Waals surface area contributed by atoms with Gasteiger partial charge >= 0.3 is 6.09 Å². The number of hydrogen-bond acceptors (Lipinski definition) is 4. The molecule has 1 heterocycles. The minimum Gasteiger partial charge on any atom is -0.439 e. The van der Waals surface area contributed by atoms with Crippen LogP contribution < -0.4 is 0 Å². The first-order valence-corrected chi connectivity index (χ1v) is 7.24. The first-order chi connectivity index (χ1) is 11.2. The first-order valence-electron chi connectivity index (χ1n) is 7.24. The maximum Gasteiger partial charge on any atom is 0.417 e.